The molecular weight excluding hydrogens is 253 g/mol. The Morgan fingerprint density at radius 1 is 1.44 bits per heavy atom. The van der Waals surface area contributed by atoms with Crippen molar-refractivity contribution >= 4 is 17.4 Å². The quantitative estimate of drug-likeness (QED) is 0.905. The Labute approximate surface area is 109 Å². The van der Waals surface area contributed by atoms with Crippen LogP contribution in [0.15, 0.2) is 18.2 Å². The Morgan fingerprint density at radius 3 is 2.78 bits per heavy atom. The van der Waals surface area contributed by atoms with Crippen molar-refractivity contribution in [2.24, 2.45) is 7.05 Å². The standard InChI is InChI=1S/C13H13ClFN3/c1-18-12(16)11(17-13(18)7-5-6-7)10-8(14)3-2-4-9(10)15/h2-4,7H,5-6,16H2,1H3. The van der Waals surface area contributed by atoms with E-state index in [1.807, 2.05) is 11.6 Å². The van der Waals surface area contributed by atoms with E-state index in [0.29, 0.717) is 28.0 Å². The van der Waals surface area contributed by atoms with Crippen LogP contribution in [-0.4, -0.2) is 9.55 Å². The van der Waals surface area contributed by atoms with E-state index in [2.05, 4.69) is 4.98 Å². The molecule has 1 heterocycles. The number of nitrogens with zero attached hydrogens (tertiary/aromatic N) is 2. The van der Waals surface area contributed by atoms with E-state index >= 15 is 0 Å². The van der Waals surface area contributed by atoms with Crippen LogP contribution in [-0.2, 0) is 7.05 Å². The van der Waals surface area contributed by atoms with Gasteiger partial charge in [-0.2, -0.15) is 0 Å². The lowest BCUT2D eigenvalue weighted by atomic mass is 10.1. The van der Waals surface area contributed by atoms with Gasteiger partial charge in [-0.3, -0.25) is 0 Å². The number of hydrogen-bond donors (Lipinski definition) is 1. The van der Waals surface area contributed by atoms with Gasteiger partial charge in [0.2, 0.25) is 0 Å². The van der Waals surface area contributed by atoms with Crippen LogP contribution < -0.4 is 5.73 Å². The highest BCUT2D eigenvalue weighted by molar-refractivity contribution is 6.33. The summed E-state index contributed by atoms with van der Waals surface area (Å²) in [4.78, 5) is 4.48. The lowest BCUT2D eigenvalue weighted by molar-refractivity contribution is 0.631. The Balaban J connectivity index is 2.20. The van der Waals surface area contributed by atoms with Crippen molar-refractivity contribution in [2.45, 2.75) is 18.8 Å². The zero-order valence-corrected chi connectivity index (χ0v) is 10.7. The summed E-state index contributed by atoms with van der Waals surface area (Å²) in [6.07, 6.45) is 2.24. The summed E-state index contributed by atoms with van der Waals surface area (Å²) in [5.41, 5.74) is 6.75. The van der Waals surface area contributed by atoms with Crippen molar-refractivity contribution in [3.63, 3.8) is 0 Å². The molecule has 0 unspecified atom stereocenters. The number of rotatable bonds is 2. The molecule has 1 fully saturated rings. The first-order chi connectivity index (χ1) is 8.59. The van der Waals surface area contributed by atoms with Gasteiger partial charge in [-0.1, -0.05) is 17.7 Å². The molecule has 5 heteroatoms. The van der Waals surface area contributed by atoms with Crippen LogP contribution in [0.25, 0.3) is 11.3 Å². The third-order valence-corrected chi connectivity index (χ3v) is 3.63. The molecular formula is C13H13ClFN3. The predicted molar refractivity (Wildman–Crippen MR) is 70.0 cm³/mol. The highest BCUT2D eigenvalue weighted by Crippen LogP contribution is 2.42. The minimum Gasteiger partial charge on any atom is -0.383 e. The van der Waals surface area contributed by atoms with Crippen LogP contribution in [0.5, 0.6) is 0 Å². The van der Waals surface area contributed by atoms with Gasteiger partial charge in [-0.25, -0.2) is 9.37 Å². The Bertz CT molecular complexity index is 597. The molecule has 3 nitrogen and oxygen atoms in total. The van der Waals surface area contributed by atoms with Crippen molar-refractivity contribution in [2.75, 3.05) is 5.73 Å². The van der Waals surface area contributed by atoms with Crippen molar-refractivity contribution < 1.29 is 4.39 Å². The summed E-state index contributed by atoms with van der Waals surface area (Å²) >= 11 is 6.05. The number of nitrogen functional groups attached to an aromatic ring is 1. The van der Waals surface area contributed by atoms with Crippen LogP contribution in [0.3, 0.4) is 0 Å². The van der Waals surface area contributed by atoms with E-state index in [9.17, 15) is 4.39 Å². The fraction of sp³-hybridized carbons (Fsp3) is 0.308. The molecule has 2 N–H and O–H groups in total. The number of nitrogens with two attached hydrogens (primary N) is 1. The SMILES string of the molecule is Cn1c(C2CC2)nc(-c2c(F)cccc2Cl)c1N. The van der Waals surface area contributed by atoms with Crippen molar-refractivity contribution in [3.8, 4) is 11.3 Å². The molecule has 0 atom stereocenters. The molecule has 1 aromatic heterocycles. The minimum absolute atomic E-state index is 0.291. The number of aromatic nitrogens is 2. The zero-order valence-electron chi connectivity index (χ0n) is 9.95. The molecule has 1 aliphatic rings. The Morgan fingerprint density at radius 2 is 2.17 bits per heavy atom. The zero-order chi connectivity index (χ0) is 12.9. The first kappa shape index (κ1) is 11.5. The third-order valence-electron chi connectivity index (χ3n) is 3.32. The maximum absolute atomic E-state index is 13.9. The number of anilines is 1. The molecule has 0 spiro atoms. The summed E-state index contributed by atoms with van der Waals surface area (Å²) in [6.45, 7) is 0. The van der Waals surface area contributed by atoms with E-state index in [4.69, 9.17) is 17.3 Å². The Kier molecular flexibility index (Phi) is 2.55. The van der Waals surface area contributed by atoms with E-state index < -0.39 is 5.82 Å². The smallest absolute Gasteiger partial charge is 0.134 e. The molecule has 0 amide bonds. The second kappa shape index (κ2) is 3.99. The molecule has 0 radical (unpaired) electrons. The molecule has 1 aliphatic carbocycles. The lowest BCUT2D eigenvalue weighted by Gasteiger charge is -2.04. The number of benzene rings is 1. The van der Waals surface area contributed by atoms with E-state index in [1.54, 1.807) is 12.1 Å². The fourth-order valence-corrected chi connectivity index (χ4v) is 2.40. The molecule has 0 bridgehead atoms. The fourth-order valence-electron chi connectivity index (χ4n) is 2.14. The molecule has 2 aromatic rings. The molecule has 3 rings (SSSR count). The van der Waals surface area contributed by atoms with Gasteiger partial charge in [-0.15, -0.1) is 0 Å². The van der Waals surface area contributed by atoms with Crippen molar-refractivity contribution in [3.05, 3.63) is 34.9 Å². The van der Waals surface area contributed by atoms with Crippen LogP contribution >= 0.6 is 11.6 Å². The van der Waals surface area contributed by atoms with Crippen molar-refractivity contribution in [1.29, 1.82) is 0 Å². The van der Waals surface area contributed by atoms with Crippen LogP contribution in [0.1, 0.15) is 24.6 Å². The molecule has 18 heavy (non-hydrogen) atoms. The van der Waals surface area contributed by atoms with Gasteiger partial charge in [0.1, 0.15) is 23.2 Å². The van der Waals surface area contributed by atoms with Gasteiger partial charge in [0.25, 0.3) is 0 Å². The number of imidazole rings is 1. The maximum atomic E-state index is 13.9. The largest absolute Gasteiger partial charge is 0.383 e. The molecule has 0 aliphatic heterocycles. The first-order valence-corrected chi connectivity index (χ1v) is 6.24. The van der Waals surface area contributed by atoms with Gasteiger partial charge in [0.15, 0.2) is 0 Å². The third kappa shape index (κ3) is 1.68. The van der Waals surface area contributed by atoms with Crippen LogP contribution in [0.4, 0.5) is 10.2 Å². The first-order valence-electron chi connectivity index (χ1n) is 5.86. The summed E-state index contributed by atoms with van der Waals surface area (Å²) < 4.78 is 15.7. The van der Waals surface area contributed by atoms with Crippen LogP contribution in [0, 0.1) is 5.82 Å². The topological polar surface area (TPSA) is 43.8 Å². The molecule has 1 aromatic carbocycles. The van der Waals surface area contributed by atoms with Crippen LogP contribution in [0.2, 0.25) is 5.02 Å². The average molecular weight is 266 g/mol. The van der Waals surface area contributed by atoms with E-state index in [-0.39, 0.29) is 0 Å². The van der Waals surface area contributed by atoms with Gasteiger partial charge in [-0.05, 0) is 25.0 Å². The minimum atomic E-state index is -0.394. The van der Waals surface area contributed by atoms with Gasteiger partial charge in [0.05, 0.1) is 10.6 Å². The highest BCUT2D eigenvalue weighted by atomic mass is 35.5. The number of hydrogen-bond acceptors (Lipinski definition) is 2. The molecule has 1 saturated carbocycles. The average Bonchev–Trinajstić information content (AvgIpc) is 3.11. The maximum Gasteiger partial charge on any atom is 0.134 e. The molecule has 94 valence electrons. The Hall–Kier alpha value is -1.55. The summed E-state index contributed by atoms with van der Waals surface area (Å²) in [6, 6.07) is 4.58. The normalized spacial score (nSPS) is 15.1. The summed E-state index contributed by atoms with van der Waals surface area (Å²) in [5, 5.41) is 0.335. The second-order valence-corrected chi connectivity index (χ2v) is 5.04. The van der Waals surface area contributed by atoms with E-state index in [0.717, 1.165) is 18.7 Å². The second-order valence-electron chi connectivity index (χ2n) is 4.63. The molecule has 0 saturated heterocycles. The van der Waals surface area contributed by atoms with E-state index in [1.165, 1.54) is 6.07 Å². The predicted octanol–water partition coefficient (Wildman–Crippen LogP) is 3.34. The van der Waals surface area contributed by atoms with Gasteiger partial charge in [0, 0.05) is 13.0 Å². The van der Waals surface area contributed by atoms with Crippen molar-refractivity contribution in [1.82, 2.24) is 9.55 Å². The summed E-state index contributed by atoms with van der Waals surface area (Å²) in [5.74, 6) is 1.44. The summed E-state index contributed by atoms with van der Waals surface area (Å²) in [7, 11) is 1.86. The monoisotopic (exact) mass is 265 g/mol. The van der Waals surface area contributed by atoms with Gasteiger partial charge < -0.3 is 10.3 Å². The lowest BCUT2D eigenvalue weighted by Crippen LogP contribution is -2.00. The highest BCUT2D eigenvalue weighted by Gasteiger charge is 2.30. The number of halogens is 2. The van der Waals surface area contributed by atoms with Gasteiger partial charge >= 0.3 is 0 Å².